The summed E-state index contributed by atoms with van der Waals surface area (Å²) in [5.74, 6) is -0.522. The second kappa shape index (κ2) is 5.17. The van der Waals surface area contributed by atoms with Crippen molar-refractivity contribution in [1.82, 2.24) is 5.32 Å². The first-order valence-corrected chi connectivity index (χ1v) is 3.41. The summed E-state index contributed by atoms with van der Waals surface area (Å²) in [4.78, 5) is 20.8. The summed E-state index contributed by atoms with van der Waals surface area (Å²) < 4.78 is 4.60. The summed E-state index contributed by atoms with van der Waals surface area (Å²) >= 11 is 0. The van der Waals surface area contributed by atoms with Crippen LogP contribution >= 0.6 is 0 Å². The van der Waals surface area contributed by atoms with Crippen LogP contribution in [0.5, 0.6) is 0 Å². The Morgan fingerprint density at radius 1 is 1.58 bits per heavy atom. The molecule has 5 heteroatoms. The van der Waals surface area contributed by atoms with E-state index in [9.17, 15) is 9.59 Å². The van der Waals surface area contributed by atoms with Gasteiger partial charge in [0, 0.05) is 6.20 Å². The molecule has 0 spiro atoms. The molecule has 0 saturated heterocycles. The molecule has 0 saturated carbocycles. The molecular formula is C7H11NO4. The molecule has 0 heterocycles. The smallest absolute Gasteiger partial charge is 0.408 e. The summed E-state index contributed by atoms with van der Waals surface area (Å²) in [6.07, 6.45) is -0.126. The number of ether oxygens (including phenoxy) is 1. The standard InChI is InChI=1S/C7H11NO4/c1-3-12-6(9)5(2)4-8-7(10)11/h4,8H,3H2,1-2H3,(H,10,11). The number of hydrogen-bond acceptors (Lipinski definition) is 3. The van der Waals surface area contributed by atoms with Crippen LogP contribution in [0, 0.1) is 0 Å². The molecule has 0 radical (unpaired) electrons. The van der Waals surface area contributed by atoms with Gasteiger partial charge in [0.15, 0.2) is 0 Å². The molecule has 5 nitrogen and oxygen atoms in total. The molecule has 0 fully saturated rings. The third-order valence-corrected chi connectivity index (χ3v) is 1.01. The zero-order valence-electron chi connectivity index (χ0n) is 6.96. The fourth-order valence-corrected chi connectivity index (χ4v) is 0.474. The first-order chi connectivity index (χ1) is 5.57. The van der Waals surface area contributed by atoms with Crippen molar-refractivity contribution in [2.24, 2.45) is 0 Å². The van der Waals surface area contributed by atoms with E-state index in [4.69, 9.17) is 5.11 Å². The monoisotopic (exact) mass is 173 g/mol. The second-order valence-corrected chi connectivity index (χ2v) is 2.00. The highest BCUT2D eigenvalue weighted by molar-refractivity contribution is 5.88. The molecule has 0 aliphatic carbocycles. The van der Waals surface area contributed by atoms with Crippen LogP contribution in [0.3, 0.4) is 0 Å². The van der Waals surface area contributed by atoms with Gasteiger partial charge in [-0.2, -0.15) is 0 Å². The van der Waals surface area contributed by atoms with Crippen molar-refractivity contribution in [3.05, 3.63) is 11.8 Å². The van der Waals surface area contributed by atoms with Crippen molar-refractivity contribution in [2.75, 3.05) is 6.61 Å². The highest BCUT2D eigenvalue weighted by atomic mass is 16.5. The van der Waals surface area contributed by atoms with Crippen LogP contribution in [-0.4, -0.2) is 23.8 Å². The Labute approximate surface area is 70.0 Å². The quantitative estimate of drug-likeness (QED) is 0.487. The van der Waals surface area contributed by atoms with Gasteiger partial charge in [0.2, 0.25) is 0 Å². The van der Waals surface area contributed by atoms with Gasteiger partial charge in [-0.1, -0.05) is 0 Å². The van der Waals surface area contributed by atoms with Gasteiger partial charge >= 0.3 is 12.1 Å². The maximum Gasteiger partial charge on any atom is 0.408 e. The van der Waals surface area contributed by atoms with Gasteiger partial charge in [0.05, 0.1) is 12.2 Å². The number of carboxylic acid groups (broad SMARTS) is 1. The van der Waals surface area contributed by atoms with Gasteiger partial charge in [0.1, 0.15) is 0 Å². The molecule has 0 aliphatic heterocycles. The Kier molecular flexibility index (Phi) is 4.52. The molecule has 1 amide bonds. The third kappa shape index (κ3) is 4.32. The van der Waals surface area contributed by atoms with Crippen LogP contribution in [0.1, 0.15) is 13.8 Å². The lowest BCUT2D eigenvalue weighted by Crippen LogP contribution is -2.16. The van der Waals surface area contributed by atoms with E-state index in [1.165, 1.54) is 6.92 Å². The maximum atomic E-state index is 10.8. The summed E-state index contributed by atoms with van der Waals surface area (Å²) in [7, 11) is 0. The molecular weight excluding hydrogens is 162 g/mol. The van der Waals surface area contributed by atoms with E-state index >= 15 is 0 Å². The van der Waals surface area contributed by atoms with E-state index in [0.717, 1.165) is 6.20 Å². The lowest BCUT2D eigenvalue weighted by Gasteiger charge is -2.00. The zero-order chi connectivity index (χ0) is 9.56. The number of carbonyl (C=O) groups excluding carboxylic acids is 1. The summed E-state index contributed by atoms with van der Waals surface area (Å²) in [6, 6.07) is 0. The van der Waals surface area contributed by atoms with Crippen LogP contribution in [0.4, 0.5) is 4.79 Å². The minimum atomic E-state index is -1.21. The second-order valence-electron chi connectivity index (χ2n) is 2.00. The van der Waals surface area contributed by atoms with Gasteiger partial charge in [-0.3, -0.25) is 5.32 Å². The molecule has 0 aromatic carbocycles. The normalized spacial score (nSPS) is 10.7. The Morgan fingerprint density at radius 2 is 2.17 bits per heavy atom. The van der Waals surface area contributed by atoms with Crippen molar-refractivity contribution in [3.63, 3.8) is 0 Å². The van der Waals surface area contributed by atoms with Crippen molar-refractivity contribution in [3.8, 4) is 0 Å². The predicted molar refractivity (Wildman–Crippen MR) is 41.6 cm³/mol. The van der Waals surface area contributed by atoms with Gasteiger partial charge in [0.25, 0.3) is 0 Å². The van der Waals surface area contributed by atoms with Crippen molar-refractivity contribution < 1.29 is 19.4 Å². The molecule has 0 atom stereocenters. The Hall–Kier alpha value is -1.52. The van der Waals surface area contributed by atoms with Crippen LogP contribution in [0.2, 0.25) is 0 Å². The minimum Gasteiger partial charge on any atom is -0.465 e. The Balaban J connectivity index is 3.99. The fraction of sp³-hybridized carbons (Fsp3) is 0.429. The van der Waals surface area contributed by atoms with E-state index in [0.29, 0.717) is 0 Å². The molecule has 68 valence electrons. The number of carbonyl (C=O) groups is 2. The molecule has 0 aromatic rings. The van der Waals surface area contributed by atoms with E-state index in [1.54, 1.807) is 6.92 Å². The summed E-state index contributed by atoms with van der Waals surface area (Å²) in [6.45, 7) is 3.42. The molecule has 2 N–H and O–H groups in total. The number of hydrogen-bond donors (Lipinski definition) is 2. The lowest BCUT2D eigenvalue weighted by molar-refractivity contribution is -0.138. The molecule has 0 bridgehead atoms. The minimum absolute atomic E-state index is 0.222. The van der Waals surface area contributed by atoms with Crippen LogP contribution < -0.4 is 5.32 Å². The summed E-state index contributed by atoms with van der Waals surface area (Å²) in [5.41, 5.74) is 0.222. The largest absolute Gasteiger partial charge is 0.465 e. The van der Waals surface area contributed by atoms with Gasteiger partial charge < -0.3 is 9.84 Å². The fourth-order valence-electron chi connectivity index (χ4n) is 0.474. The highest BCUT2D eigenvalue weighted by Gasteiger charge is 2.03. The van der Waals surface area contributed by atoms with E-state index in [-0.39, 0.29) is 12.2 Å². The van der Waals surface area contributed by atoms with Crippen molar-refractivity contribution in [2.45, 2.75) is 13.8 Å². The van der Waals surface area contributed by atoms with Crippen LogP contribution in [0.15, 0.2) is 11.8 Å². The van der Waals surface area contributed by atoms with E-state index < -0.39 is 12.1 Å². The average molecular weight is 173 g/mol. The molecule has 0 aromatic heterocycles. The van der Waals surface area contributed by atoms with E-state index in [2.05, 4.69) is 4.74 Å². The number of esters is 1. The number of amides is 1. The number of rotatable bonds is 3. The average Bonchev–Trinajstić information content (AvgIpc) is 2.00. The van der Waals surface area contributed by atoms with Gasteiger partial charge in [-0.25, -0.2) is 9.59 Å². The predicted octanol–water partition coefficient (Wildman–Crippen LogP) is 0.721. The third-order valence-electron chi connectivity index (χ3n) is 1.01. The SMILES string of the molecule is CCOC(=O)C(C)=CNC(=O)O. The van der Waals surface area contributed by atoms with Gasteiger partial charge in [-0.15, -0.1) is 0 Å². The maximum absolute atomic E-state index is 10.8. The molecule has 0 aliphatic rings. The van der Waals surface area contributed by atoms with Gasteiger partial charge in [-0.05, 0) is 13.8 Å². The first-order valence-electron chi connectivity index (χ1n) is 3.41. The van der Waals surface area contributed by atoms with Crippen molar-refractivity contribution in [1.29, 1.82) is 0 Å². The van der Waals surface area contributed by atoms with E-state index in [1.807, 2.05) is 5.32 Å². The van der Waals surface area contributed by atoms with Crippen LogP contribution in [0.25, 0.3) is 0 Å². The Bertz CT molecular complexity index is 209. The number of nitrogens with one attached hydrogen (secondary N) is 1. The molecule has 12 heavy (non-hydrogen) atoms. The molecule has 0 unspecified atom stereocenters. The Morgan fingerprint density at radius 3 is 2.58 bits per heavy atom. The lowest BCUT2D eigenvalue weighted by atomic mass is 10.3. The zero-order valence-corrected chi connectivity index (χ0v) is 6.96. The van der Waals surface area contributed by atoms with Crippen molar-refractivity contribution >= 4 is 12.1 Å². The first kappa shape index (κ1) is 10.5. The summed E-state index contributed by atoms with van der Waals surface area (Å²) in [5, 5.41) is 10.1. The molecule has 0 rings (SSSR count). The topological polar surface area (TPSA) is 75.6 Å². The van der Waals surface area contributed by atoms with Crippen LogP contribution in [-0.2, 0) is 9.53 Å². The highest BCUT2D eigenvalue weighted by Crippen LogP contribution is 1.93.